The second kappa shape index (κ2) is 5.27. The molecule has 2 N–H and O–H groups in total. The fourth-order valence-corrected chi connectivity index (χ4v) is 1.92. The Morgan fingerprint density at radius 1 is 1.53 bits per heavy atom. The molecule has 0 aliphatic carbocycles. The zero-order valence-corrected chi connectivity index (χ0v) is 11.2. The summed E-state index contributed by atoms with van der Waals surface area (Å²) < 4.78 is 5.04. The van der Waals surface area contributed by atoms with E-state index in [1.807, 2.05) is 6.92 Å². The molecule has 2 rings (SSSR count). The summed E-state index contributed by atoms with van der Waals surface area (Å²) in [5.41, 5.74) is 1.69. The van der Waals surface area contributed by atoms with Gasteiger partial charge in [0, 0.05) is 18.3 Å². The number of anilines is 1. The monoisotopic (exact) mass is 281 g/mol. The lowest BCUT2D eigenvalue weighted by atomic mass is 10.2. The van der Waals surface area contributed by atoms with Crippen LogP contribution < -0.4 is 5.32 Å². The molecule has 0 bridgehead atoms. The third-order valence-electron chi connectivity index (χ3n) is 2.73. The normalized spacial score (nSPS) is 10.5. The van der Waals surface area contributed by atoms with Crippen LogP contribution in [0.3, 0.4) is 0 Å². The third-order valence-corrected chi connectivity index (χ3v) is 3.12. The number of carbonyl (C=O) groups is 1. The van der Waals surface area contributed by atoms with Gasteiger partial charge >= 0.3 is 5.97 Å². The van der Waals surface area contributed by atoms with Crippen molar-refractivity contribution in [1.29, 1.82) is 0 Å². The zero-order valence-electron chi connectivity index (χ0n) is 10.4. The third kappa shape index (κ3) is 2.68. The molecule has 6 nitrogen and oxygen atoms in total. The summed E-state index contributed by atoms with van der Waals surface area (Å²) in [5.74, 6) is -0.0649. The number of rotatable bonds is 4. The highest BCUT2D eigenvalue weighted by molar-refractivity contribution is 6.35. The van der Waals surface area contributed by atoms with Gasteiger partial charge in [0.1, 0.15) is 11.6 Å². The number of aromatic carboxylic acids is 1. The molecule has 0 fully saturated rings. The first-order chi connectivity index (χ1) is 9.00. The number of hydrogen-bond acceptors (Lipinski definition) is 5. The lowest BCUT2D eigenvalue weighted by Crippen LogP contribution is -2.06. The van der Waals surface area contributed by atoms with Crippen molar-refractivity contribution in [3.63, 3.8) is 0 Å². The van der Waals surface area contributed by atoms with Crippen molar-refractivity contribution >= 4 is 23.4 Å². The van der Waals surface area contributed by atoms with Gasteiger partial charge in [0.05, 0.1) is 16.3 Å². The molecule has 0 amide bonds. The molecule has 0 spiro atoms. The summed E-state index contributed by atoms with van der Waals surface area (Å²) in [6, 6.07) is 1.35. The van der Waals surface area contributed by atoms with E-state index in [9.17, 15) is 4.79 Å². The van der Waals surface area contributed by atoms with Gasteiger partial charge in [0.2, 0.25) is 0 Å². The van der Waals surface area contributed by atoms with Crippen LogP contribution in [0, 0.1) is 13.8 Å². The fraction of sp³-hybridized carbons (Fsp3) is 0.250. The molecular formula is C12H12ClN3O3. The molecule has 2 aromatic rings. The first-order valence-electron chi connectivity index (χ1n) is 5.54. The van der Waals surface area contributed by atoms with Crippen LogP contribution in [0.15, 0.2) is 16.8 Å². The topological polar surface area (TPSA) is 88.3 Å². The first-order valence-corrected chi connectivity index (χ1v) is 5.92. The molecule has 19 heavy (non-hydrogen) atoms. The van der Waals surface area contributed by atoms with Gasteiger partial charge in [-0.05, 0) is 19.9 Å². The van der Waals surface area contributed by atoms with Crippen LogP contribution in [0.4, 0.5) is 5.82 Å². The van der Waals surface area contributed by atoms with Crippen LogP contribution in [-0.4, -0.2) is 21.2 Å². The summed E-state index contributed by atoms with van der Waals surface area (Å²) in [4.78, 5) is 15.0. The van der Waals surface area contributed by atoms with Crippen LogP contribution in [0.1, 0.15) is 27.4 Å². The Labute approximate surface area is 114 Å². The summed E-state index contributed by atoms with van der Waals surface area (Å²) in [5, 5.41) is 15.9. The summed E-state index contributed by atoms with van der Waals surface area (Å²) >= 11 is 5.98. The van der Waals surface area contributed by atoms with Crippen molar-refractivity contribution in [3.8, 4) is 0 Å². The van der Waals surface area contributed by atoms with Crippen molar-refractivity contribution in [3.05, 3.63) is 39.9 Å². The number of halogens is 1. The first kappa shape index (κ1) is 13.4. The summed E-state index contributed by atoms with van der Waals surface area (Å²) in [6.45, 7) is 4.05. The van der Waals surface area contributed by atoms with E-state index in [0.29, 0.717) is 18.1 Å². The van der Waals surface area contributed by atoms with Crippen LogP contribution in [-0.2, 0) is 6.54 Å². The van der Waals surface area contributed by atoms with E-state index in [4.69, 9.17) is 21.2 Å². The predicted molar refractivity (Wildman–Crippen MR) is 69.5 cm³/mol. The minimum Gasteiger partial charge on any atom is -0.478 e. The minimum atomic E-state index is -1.09. The highest BCUT2D eigenvalue weighted by Gasteiger charge is 2.14. The number of nitrogens with zero attached hydrogens (tertiary/aromatic N) is 2. The number of nitrogens with one attached hydrogen (secondary N) is 1. The van der Waals surface area contributed by atoms with Gasteiger partial charge in [0.25, 0.3) is 0 Å². The Bertz CT molecular complexity index is 605. The predicted octanol–water partition coefficient (Wildman–Crippen LogP) is 2.65. The van der Waals surface area contributed by atoms with Crippen LogP contribution in [0.2, 0.25) is 5.02 Å². The maximum absolute atomic E-state index is 11.0. The minimum absolute atomic E-state index is 0.0120. The van der Waals surface area contributed by atoms with E-state index in [1.54, 1.807) is 6.92 Å². The van der Waals surface area contributed by atoms with Gasteiger partial charge in [0.15, 0.2) is 0 Å². The second-order valence-electron chi connectivity index (χ2n) is 3.98. The van der Waals surface area contributed by atoms with E-state index in [1.165, 1.54) is 12.3 Å². The second-order valence-corrected chi connectivity index (χ2v) is 4.36. The van der Waals surface area contributed by atoms with Gasteiger partial charge in [-0.1, -0.05) is 16.8 Å². The molecule has 7 heteroatoms. The molecule has 0 aromatic carbocycles. The Hall–Kier alpha value is -2.08. The maximum atomic E-state index is 11.0. The molecule has 2 heterocycles. The van der Waals surface area contributed by atoms with Crippen molar-refractivity contribution in [2.45, 2.75) is 20.4 Å². The molecule has 0 saturated carbocycles. The smallest absolute Gasteiger partial charge is 0.337 e. The van der Waals surface area contributed by atoms with Crippen molar-refractivity contribution in [1.82, 2.24) is 10.1 Å². The average Bonchev–Trinajstić information content (AvgIpc) is 2.68. The Morgan fingerprint density at radius 3 is 2.84 bits per heavy atom. The quantitative estimate of drug-likeness (QED) is 0.896. The lowest BCUT2D eigenvalue weighted by Gasteiger charge is -2.08. The number of carboxylic acids is 1. The van der Waals surface area contributed by atoms with Gasteiger partial charge in [-0.25, -0.2) is 9.78 Å². The number of aromatic nitrogens is 2. The van der Waals surface area contributed by atoms with Gasteiger partial charge in [-0.3, -0.25) is 0 Å². The van der Waals surface area contributed by atoms with Crippen LogP contribution >= 0.6 is 11.6 Å². The molecular weight excluding hydrogens is 270 g/mol. The lowest BCUT2D eigenvalue weighted by molar-refractivity contribution is 0.0697. The molecule has 0 unspecified atom stereocenters. The van der Waals surface area contributed by atoms with E-state index in [2.05, 4.69) is 15.5 Å². The molecule has 0 radical (unpaired) electrons. The van der Waals surface area contributed by atoms with E-state index >= 15 is 0 Å². The SMILES string of the molecule is Cc1noc(C)c1CNc1nccc(C(=O)O)c1Cl. The molecule has 100 valence electrons. The fourth-order valence-electron chi connectivity index (χ4n) is 1.66. The zero-order chi connectivity index (χ0) is 14.0. The molecule has 0 aliphatic heterocycles. The van der Waals surface area contributed by atoms with Crippen LogP contribution in [0.5, 0.6) is 0 Å². The Balaban J connectivity index is 2.21. The van der Waals surface area contributed by atoms with E-state index in [-0.39, 0.29) is 10.6 Å². The summed E-state index contributed by atoms with van der Waals surface area (Å²) in [7, 11) is 0. The van der Waals surface area contributed by atoms with Crippen LogP contribution in [0.25, 0.3) is 0 Å². The maximum Gasteiger partial charge on any atom is 0.337 e. The highest BCUT2D eigenvalue weighted by atomic mass is 35.5. The van der Waals surface area contributed by atoms with Gasteiger partial charge in [-0.15, -0.1) is 0 Å². The number of pyridine rings is 1. The number of carboxylic acid groups (broad SMARTS) is 1. The molecule has 0 saturated heterocycles. The largest absolute Gasteiger partial charge is 0.478 e. The highest BCUT2D eigenvalue weighted by Crippen LogP contribution is 2.24. The molecule has 2 aromatic heterocycles. The number of aryl methyl sites for hydroxylation is 2. The number of hydrogen-bond donors (Lipinski definition) is 2. The van der Waals surface area contributed by atoms with E-state index < -0.39 is 5.97 Å². The molecule has 0 atom stereocenters. The Kier molecular flexibility index (Phi) is 3.71. The standard InChI is InChI=1S/C12H12ClN3O3/c1-6-9(7(2)19-16-6)5-15-11-10(13)8(12(17)18)3-4-14-11/h3-4H,5H2,1-2H3,(H,14,15)(H,17,18). The molecule has 0 aliphatic rings. The van der Waals surface area contributed by atoms with Crippen molar-refractivity contribution in [2.75, 3.05) is 5.32 Å². The van der Waals surface area contributed by atoms with E-state index in [0.717, 1.165) is 11.3 Å². The van der Waals surface area contributed by atoms with Crippen molar-refractivity contribution in [2.24, 2.45) is 0 Å². The Morgan fingerprint density at radius 2 is 2.26 bits per heavy atom. The average molecular weight is 282 g/mol. The summed E-state index contributed by atoms with van der Waals surface area (Å²) in [6.07, 6.45) is 1.39. The van der Waals surface area contributed by atoms with Gasteiger partial charge < -0.3 is 14.9 Å². The van der Waals surface area contributed by atoms with Crippen molar-refractivity contribution < 1.29 is 14.4 Å². The van der Waals surface area contributed by atoms with Gasteiger partial charge in [-0.2, -0.15) is 0 Å².